The van der Waals surface area contributed by atoms with E-state index in [9.17, 15) is 17.6 Å². The highest BCUT2D eigenvalue weighted by atomic mass is 19.4. The maximum atomic E-state index is 14.0. The van der Waals surface area contributed by atoms with Gasteiger partial charge in [0.15, 0.2) is 0 Å². The topological polar surface area (TPSA) is 41.5 Å². The molecule has 0 aliphatic heterocycles. The lowest BCUT2D eigenvalue weighted by atomic mass is 10.0. The fraction of sp³-hybridized carbons (Fsp3) is 0.294. The highest BCUT2D eigenvalue weighted by molar-refractivity contribution is 5.65. The van der Waals surface area contributed by atoms with Crippen molar-refractivity contribution in [3.63, 3.8) is 0 Å². The van der Waals surface area contributed by atoms with Crippen LogP contribution in [0.4, 0.5) is 17.6 Å². The Hall–Kier alpha value is -2.12. The molecule has 0 aliphatic carbocycles. The predicted molar refractivity (Wildman–Crippen MR) is 81.9 cm³/mol. The molecule has 0 heterocycles. The second-order valence-electron chi connectivity index (χ2n) is 5.35. The molecule has 0 spiro atoms. The highest BCUT2D eigenvalue weighted by Gasteiger charge is 2.31. The summed E-state index contributed by atoms with van der Waals surface area (Å²) in [7, 11) is 0. The largest absolute Gasteiger partial charge is 0.573 e. The first-order chi connectivity index (χ1) is 11.3. The van der Waals surface area contributed by atoms with Gasteiger partial charge in [0, 0.05) is 18.2 Å². The molecule has 2 aromatic carbocycles. The Labute approximate surface area is 136 Å². The van der Waals surface area contributed by atoms with E-state index >= 15 is 0 Å². The summed E-state index contributed by atoms with van der Waals surface area (Å²) in [5.41, 5.74) is 1.52. The molecule has 2 N–H and O–H groups in total. The molecule has 1 atom stereocenters. The molecule has 7 heteroatoms. The third-order valence-corrected chi connectivity index (χ3v) is 3.36. The van der Waals surface area contributed by atoms with Gasteiger partial charge in [0.2, 0.25) is 0 Å². The van der Waals surface area contributed by atoms with E-state index in [0.717, 1.165) is 17.7 Å². The van der Waals surface area contributed by atoms with Crippen LogP contribution in [0.25, 0.3) is 11.1 Å². The lowest BCUT2D eigenvalue weighted by Gasteiger charge is -2.13. The number of halogens is 4. The van der Waals surface area contributed by atoms with Crippen molar-refractivity contribution in [3.8, 4) is 16.9 Å². The number of aliphatic hydroxyl groups is 1. The van der Waals surface area contributed by atoms with E-state index in [4.69, 9.17) is 5.11 Å². The van der Waals surface area contributed by atoms with E-state index in [1.807, 2.05) is 6.92 Å². The Morgan fingerprint density at radius 2 is 1.79 bits per heavy atom. The van der Waals surface area contributed by atoms with Crippen molar-refractivity contribution < 1.29 is 27.4 Å². The Morgan fingerprint density at radius 1 is 1.12 bits per heavy atom. The van der Waals surface area contributed by atoms with Crippen molar-refractivity contribution >= 4 is 0 Å². The average Bonchev–Trinajstić information content (AvgIpc) is 2.53. The van der Waals surface area contributed by atoms with E-state index in [1.165, 1.54) is 18.2 Å². The summed E-state index contributed by atoms with van der Waals surface area (Å²) in [6, 6.07) is 9.44. The number of ether oxygens (including phenoxy) is 1. The number of hydrogen-bond donors (Lipinski definition) is 2. The number of aliphatic hydroxyl groups excluding tert-OH is 1. The molecule has 0 radical (unpaired) electrons. The number of hydrogen-bond acceptors (Lipinski definition) is 3. The third kappa shape index (κ3) is 5.21. The van der Waals surface area contributed by atoms with Crippen LogP contribution >= 0.6 is 0 Å². The number of rotatable bonds is 6. The van der Waals surface area contributed by atoms with E-state index in [0.29, 0.717) is 12.1 Å². The van der Waals surface area contributed by atoms with Crippen molar-refractivity contribution in [2.24, 2.45) is 0 Å². The van der Waals surface area contributed by atoms with Crippen LogP contribution in [0.3, 0.4) is 0 Å². The summed E-state index contributed by atoms with van der Waals surface area (Å²) in [5, 5.41) is 12.0. The second kappa shape index (κ2) is 7.63. The Morgan fingerprint density at radius 3 is 2.38 bits per heavy atom. The summed E-state index contributed by atoms with van der Waals surface area (Å²) in [6.45, 7) is 2.23. The van der Waals surface area contributed by atoms with Gasteiger partial charge in [-0.2, -0.15) is 0 Å². The summed E-state index contributed by atoms with van der Waals surface area (Å²) in [4.78, 5) is 0. The molecular formula is C17H17F4NO2. The predicted octanol–water partition coefficient (Wildman–Crippen LogP) is 3.86. The lowest BCUT2D eigenvalue weighted by Crippen LogP contribution is -2.28. The van der Waals surface area contributed by atoms with Crippen molar-refractivity contribution in [1.29, 1.82) is 0 Å². The van der Waals surface area contributed by atoms with Gasteiger partial charge in [-0.1, -0.05) is 18.2 Å². The zero-order valence-corrected chi connectivity index (χ0v) is 12.9. The number of nitrogens with one attached hydrogen (secondary N) is 1. The van der Waals surface area contributed by atoms with Crippen molar-refractivity contribution in [1.82, 2.24) is 5.32 Å². The van der Waals surface area contributed by atoms with Gasteiger partial charge >= 0.3 is 6.36 Å². The van der Waals surface area contributed by atoms with Crippen LogP contribution in [-0.4, -0.2) is 24.1 Å². The molecule has 0 saturated heterocycles. The van der Waals surface area contributed by atoms with Crippen LogP contribution in [0.2, 0.25) is 0 Å². The Balaban J connectivity index is 2.18. The molecule has 0 bridgehead atoms. The van der Waals surface area contributed by atoms with Crippen LogP contribution in [0.5, 0.6) is 5.75 Å². The zero-order chi connectivity index (χ0) is 17.7. The second-order valence-corrected chi connectivity index (χ2v) is 5.35. The molecule has 1 unspecified atom stereocenters. The van der Waals surface area contributed by atoms with Gasteiger partial charge in [0.25, 0.3) is 0 Å². The van der Waals surface area contributed by atoms with Crippen LogP contribution in [0.15, 0.2) is 42.5 Å². The molecule has 3 nitrogen and oxygen atoms in total. The molecule has 0 aromatic heterocycles. The molecule has 2 aromatic rings. The van der Waals surface area contributed by atoms with Gasteiger partial charge in [0.05, 0.1) is 6.61 Å². The van der Waals surface area contributed by atoms with Crippen LogP contribution in [0, 0.1) is 5.82 Å². The number of benzene rings is 2. The van der Waals surface area contributed by atoms with Crippen LogP contribution in [-0.2, 0) is 6.54 Å². The van der Waals surface area contributed by atoms with E-state index in [1.54, 1.807) is 12.1 Å². The fourth-order valence-corrected chi connectivity index (χ4v) is 2.10. The standard InChI is InChI=1S/C17H17F4NO2/c1-11(10-23)22-9-12-2-7-16(18)15(8-12)13-3-5-14(6-4-13)24-17(19,20)21/h2-8,11,22-23H,9-10H2,1H3. The summed E-state index contributed by atoms with van der Waals surface area (Å²) in [5.74, 6) is -0.834. The van der Waals surface area contributed by atoms with Crippen molar-refractivity contribution in [2.75, 3.05) is 6.61 Å². The Bertz CT molecular complexity index is 671. The quantitative estimate of drug-likeness (QED) is 0.783. The molecule has 0 amide bonds. The first-order valence-electron chi connectivity index (χ1n) is 7.27. The molecule has 24 heavy (non-hydrogen) atoms. The molecule has 0 saturated carbocycles. The molecule has 0 aliphatic rings. The van der Waals surface area contributed by atoms with E-state index in [2.05, 4.69) is 10.1 Å². The average molecular weight is 343 g/mol. The van der Waals surface area contributed by atoms with Gasteiger partial charge in [-0.05, 0) is 42.3 Å². The third-order valence-electron chi connectivity index (χ3n) is 3.36. The first kappa shape index (κ1) is 18.2. The first-order valence-corrected chi connectivity index (χ1v) is 7.27. The zero-order valence-electron chi connectivity index (χ0n) is 12.9. The van der Waals surface area contributed by atoms with E-state index in [-0.39, 0.29) is 24.0 Å². The van der Waals surface area contributed by atoms with Gasteiger partial charge in [-0.25, -0.2) is 4.39 Å². The van der Waals surface area contributed by atoms with Crippen LogP contribution in [0.1, 0.15) is 12.5 Å². The summed E-state index contributed by atoms with van der Waals surface area (Å²) >= 11 is 0. The van der Waals surface area contributed by atoms with Gasteiger partial charge in [0.1, 0.15) is 11.6 Å². The maximum absolute atomic E-state index is 14.0. The lowest BCUT2D eigenvalue weighted by molar-refractivity contribution is -0.274. The van der Waals surface area contributed by atoms with Gasteiger partial charge in [-0.15, -0.1) is 13.2 Å². The molecule has 130 valence electrons. The van der Waals surface area contributed by atoms with E-state index < -0.39 is 12.2 Å². The van der Waals surface area contributed by atoms with Gasteiger partial charge in [-0.3, -0.25) is 0 Å². The summed E-state index contributed by atoms with van der Waals surface area (Å²) < 4.78 is 54.3. The van der Waals surface area contributed by atoms with Crippen molar-refractivity contribution in [3.05, 3.63) is 53.8 Å². The highest BCUT2D eigenvalue weighted by Crippen LogP contribution is 2.28. The van der Waals surface area contributed by atoms with Gasteiger partial charge < -0.3 is 15.2 Å². The Kier molecular flexibility index (Phi) is 5.80. The smallest absolute Gasteiger partial charge is 0.406 e. The fourth-order valence-electron chi connectivity index (χ4n) is 2.10. The SMILES string of the molecule is CC(CO)NCc1ccc(F)c(-c2ccc(OC(F)(F)F)cc2)c1. The molecule has 2 rings (SSSR count). The maximum Gasteiger partial charge on any atom is 0.573 e. The normalized spacial score (nSPS) is 12.9. The van der Waals surface area contributed by atoms with Crippen LogP contribution < -0.4 is 10.1 Å². The molecule has 0 fully saturated rings. The minimum absolute atomic E-state index is 0.0191. The van der Waals surface area contributed by atoms with Crippen molar-refractivity contribution in [2.45, 2.75) is 25.9 Å². The summed E-state index contributed by atoms with van der Waals surface area (Å²) in [6.07, 6.45) is -4.76. The number of alkyl halides is 3. The molecular weight excluding hydrogens is 326 g/mol. The monoisotopic (exact) mass is 343 g/mol. The minimum atomic E-state index is -4.76. The minimum Gasteiger partial charge on any atom is -0.406 e.